The number of amides is 1. The van der Waals surface area contributed by atoms with Crippen molar-refractivity contribution in [2.45, 2.75) is 122 Å². The first-order chi connectivity index (χ1) is 21.1. The van der Waals surface area contributed by atoms with Crippen molar-refractivity contribution >= 4 is 13.9 Å². The van der Waals surface area contributed by atoms with Crippen molar-refractivity contribution in [1.29, 1.82) is 0 Å². The van der Waals surface area contributed by atoms with Gasteiger partial charge in [-0.25, -0.2) is 9.36 Å². The summed E-state index contributed by atoms with van der Waals surface area (Å²) in [5.41, 5.74) is 0.864. The fraction of sp³-hybridized carbons (Fsp3) is 0.794. The molecule has 0 aliphatic rings. The minimum Gasteiger partial charge on any atom is -0.445 e. The van der Waals surface area contributed by atoms with Crippen molar-refractivity contribution in [3.8, 4) is 0 Å². The van der Waals surface area contributed by atoms with Crippen molar-refractivity contribution in [2.24, 2.45) is 0 Å². The molecule has 1 aromatic carbocycles. The monoisotopic (exact) mass is 643 g/mol. The van der Waals surface area contributed by atoms with Gasteiger partial charge in [0.05, 0.1) is 34.3 Å². The molecule has 44 heavy (non-hydrogen) atoms. The average Bonchev–Trinajstić information content (AvgIpc) is 2.97. The van der Waals surface area contributed by atoms with E-state index in [1.807, 2.05) is 51.5 Å². The highest BCUT2D eigenvalue weighted by molar-refractivity contribution is 7.47. The van der Waals surface area contributed by atoms with Crippen LogP contribution in [0.5, 0.6) is 0 Å². The lowest BCUT2D eigenvalue weighted by atomic mass is 10.0. The minimum absolute atomic E-state index is 0.0458. The number of nitrogens with one attached hydrogen (secondary N) is 1. The van der Waals surface area contributed by atoms with Gasteiger partial charge in [-0.05, 0) is 12.0 Å². The Morgan fingerprint density at radius 2 is 1.34 bits per heavy atom. The third-order valence-electron chi connectivity index (χ3n) is 7.43. The largest absolute Gasteiger partial charge is 0.472 e. The molecule has 1 amide bonds. The van der Waals surface area contributed by atoms with Crippen LogP contribution >= 0.6 is 7.82 Å². The molecule has 0 radical (unpaired) electrons. The van der Waals surface area contributed by atoms with Crippen LogP contribution in [0.3, 0.4) is 0 Å². The number of alkyl carbamates (subject to hydrolysis) is 1. The smallest absolute Gasteiger partial charge is 0.445 e. The quantitative estimate of drug-likeness (QED) is 0.0513. The van der Waals surface area contributed by atoms with E-state index in [0.717, 1.165) is 18.4 Å². The number of ether oxygens (including phenoxy) is 2. The lowest BCUT2D eigenvalue weighted by molar-refractivity contribution is -0.870. The number of likely N-dealkylation sites (N-methyl/N-ethyl adjacent to an activating group) is 1. The first-order valence-electron chi connectivity index (χ1n) is 17.1. The number of benzene rings is 1. The topological polar surface area (TPSA) is 103 Å². The fourth-order valence-electron chi connectivity index (χ4n) is 4.71. The van der Waals surface area contributed by atoms with Crippen LogP contribution in [0.15, 0.2) is 30.3 Å². The number of unbranched alkanes of at least 4 members (excludes halogenated alkanes) is 15. The molecule has 1 aromatic rings. The first-order valence-corrected chi connectivity index (χ1v) is 18.6. The second-order valence-corrected chi connectivity index (χ2v) is 14.3. The van der Waals surface area contributed by atoms with Gasteiger partial charge >= 0.3 is 13.9 Å². The Hall–Kier alpha value is -1.48. The molecule has 0 bridgehead atoms. The van der Waals surface area contributed by atoms with Gasteiger partial charge in [-0.3, -0.25) is 9.05 Å². The lowest BCUT2D eigenvalue weighted by Crippen LogP contribution is -2.38. The molecule has 0 saturated heterocycles. The number of carbonyl (C=O) groups is 1. The van der Waals surface area contributed by atoms with Crippen molar-refractivity contribution < 1.29 is 37.3 Å². The van der Waals surface area contributed by atoms with Crippen molar-refractivity contribution in [2.75, 3.05) is 54.1 Å². The maximum absolute atomic E-state index is 12.6. The van der Waals surface area contributed by atoms with Crippen LogP contribution in [-0.2, 0) is 29.7 Å². The molecule has 2 unspecified atom stereocenters. The van der Waals surface area contributed by atoms with Gasteiger partial charge in [-0.15, -0.1) is 0 Å². The molecular weight excluding hydrogens is 579 g/mol. The summed E-state index contributed by atoms with van der Waals surface area (Å²) in [6.07, 6.45) is 19.4. The molecule has 10 heteroatoms. The number of phosphoric ester groups is 1. The van der Waals surface area contributed by atoms with Crippen LogP contribution in [-0.4, -0.2) is 75.6 Å². The van der Waals surface area contributed by atoms with Crippen molar-refractivity contribution in [3.63, 3.8) is 0 Å². The summed E-state index contributed by atoms with van der Waals surface area (Å²) >= 11 is 0. The van der Waals surface area contributed by atoms with E-state index < -0.39 is 20.0 Å². The second-order valence-electron chi connectivity index (χ2n) is 12.9. The molecule has 0 aliphatic heterocycles. The Kier molecular flexibility index (Phi) is 23.7. The number of carbonyl (C=O) groups excluding carboxylic acids is 1. The fourth-order valence-corrected chi connectivity index (χ4v) is 5.60. The minimum atomic E-state index is -4.33. The Balaban J connectivity index is 2.22. The number of phosphoric acid groups is 1. The number of hydrogen-bond acceptors (Lipinski definition) is 6. The van der Waals surface area contributed by atoms with Crippen LogP contribution < -0.4 is 5.32 Å². The van der Waals surface area contributed by atoms with Gasteiger partial charge in [-0.1, -0.05) is 134 Å². The van der Waals surface area contributed by atoms with Crippen molar-refractivity contribution in [3.05, 3.63) is 35.9 Å². The maximum Gasteiger partial charge on any atom is 0.472 e. The Morgan fingerprint density at radius 1 is 0.818 bits per heavy atom. The van der Waals surface area contributed by atoms with Gasteiger partial charge in [0.1, 0.15) is 25.9 Å². The number of quaternary nitrogens is 1. The highest BCUT2D eigenvalue weighted by atomic mass is 31.2. The highest BCUT2D eigenvalue weighted by Gasteiger charge is 2.28. The molecule has 0 saturated carbocycles. The molecule has 0 spiro atoms. The van der Waals surface area contributed by atoms with Crippen LogP contribution in [0.25, 0.3) is 0 Å². The van der Waals surface area contributed by atoms with E-state index in [-0.39, 0.29) is 26.4 Å². The van der Waals surface area contributed by atoms with E-state index in [2.05, 4.69) is 12.2 Å². The van der Waals surface area contributed by atoms with Crippen LogP contribution in [0.2, 0.25) is 0 Å². The maximum atomic E-state index is 12.6. The standard InChI is InChI=1S/C34H63N2O7P/c1-5-6-7-8-9-10-11-12-13-14-15-16-17-18-19-23-27-40-31-33(43-44(38,39)42-28-26-36(2,3)4)29-35-34(37)41-30-32-24-21-20-22-25-32/h20-22,24-25,33H,5-19,23,26-31H2,1-4H3,(H-,35,37,38,39)/p+1. The van der Waals surface area contributed by atoms with Gasteiger partial charge < -0.3 is 24.2 Å². The van der Waals surface area contributed by atoms with Gasteiger partial charge in [0.15, 0.2) is 0 Å². The molecule has 9 nitrogen and oxygen atoms in total. The molecule has 0 fully saturated rings. The number of rotatable bonds is 29. The Bertz CT molecular complexity index is 867. The number of hydrogen-bond donors (Lipinski definition) is 2. The zero-order valence-electron chi connectivity index (χ0n) is 28.3. The zero-order valence-corrected chi connectivity index (χ0v) is 29.2. The normalized spacial score (nSPS) is 13.8. The lowest BCUT2D eigenvalue weighted by Gasteiger charge is -2.25. The Labute approximate surface area is 268 Å². The van der Waals surface area contributed by atoms with E-state index >= 15 is 0 Å². The predicted molar refractivity (Wildman–Crippen MR) is 179 cm³/mol. The van der Waals surface area contributed by atoms with E-state index in [1.54, 1.807) is 0 Å². The van der Waals surface area contributed by atoms with Crippen LogP contribution in [0.4, 0.5) is 4.79 Å². The molecule has 2 atom stereocenters. The summed E-state index contributed by atoms with van der Waals surface area (Å²) < 4.78 is 34.7. The molecule has 2 N–H and O–H groups in total. The predicted octanol–water partition coefficient (Wildman–Crippen LogP) is 8.40. The van der Waals surface area contributed by atoms with E-state index in [4.69, 9.17) is 18.5 Å². The van der Waals surface area contributed by atoms with Crippen molar-refractivity contribution in [1.82, 2.24) is 5.32 Å². The third kappa shape index (κ3) is 25.8. The summed E-state index contributed by atoms with van der Waals surface area (Å²) in [5.74, 6) is 0. The molecule has 256 valence electrons. The zero-order chi connectivity index (χ0) is 32.4. The summed E-state index contributed by atoms with van der Waals surface area (Å²) in [4.78, 5) is 22.5. The number of nitrogens with zero attached hydrogens (tertiary/aromatic N) is 1. The molecule has 1 rings (SSSR count). The molecule has 0 aliphatic carbocycles. The molecule has 0 heterocycles. The Morgan fingerprint density at radius 3 is 1.86 bits per heavy atom. The van der Waals surface area contributed by atoms with E-state index in [0.29, 0.717) is 17.6 Å². The van der Waals surface area contributed by atoms with E-state index in [9.17, 15) is 14.3 Å². The first kappa shape index (κ1) is 40.5. The third-order valence-corrected chi connectivity index (χ3v) is 8.51. The van der Waals surface area contributed by atoms with Crippen LogP contribution in [0, 0.1) is 0 Å². The second kappa shape index (κ2) is 25.7. The molecule has 0 aromatic heterocycles. The SMILES string of the molecule is CCCCCCCCCCCCCCCCCCOCC(CNC(=O)OCc1ccccc1)OP(=O)(O)OCC[N+](C)(C)C. The summed E-state index contributed by atoms with van der Waals surface area (Å²) in [5, 5.41) is 2.61. The summed E-state index contributed by atoms with van der Waals surface area (Å²) in [6.45, 7) is 3.53. The van der Waals surface area contributed by atoms with Gasteiger partial charge in [0.2, 0.25) is 0 Å². The van der Waals surface area contributed by atoms with Gasteiger partial charge in [0.25, 0.3) is 0 Å². The van der Waals surface area contributed by atoms with Gasteiger partial charge in [-0.2, -0.15) is 0 Å². The summed E-state index contributed by atoms with van der Waals surface area (Å²) in [6, 6.07) is 9.35. The summed E-state index contributed by atoms with van der Waals surface area (Å²) in [7, 11) is 1.56. The average molecular weight is 644 g/mol. The van der Waals surface area contributed by atoms with Gasteiger partial charge in [0, 0.05) is 6.61 Å². The molecular formula is C34H64N2O7P+. The van der Waals surface area contributed by atoms with Crippen LogP contribution in [0.1, 0.15) is 115 Å². The highest BCUT2D eigenvalue weighted by Crippen LogP contribution is 2.44. The van der Waals surface area contributed by atoms with E-state index in [1.165, 1.54) is 89.9 Å².